The molecule has 0 aliphatic heterocycles. The van der Waals surface area contributed by atoms with Gasteiger partial charge in [-0.25, -0.2) is 4.79 Å². The molecule has 0 fully saturated rings. The molecule has 2 aromatic rings. The molecule has 1 atom stereocenters. The highest BCUT2D eigenvalue weighted by Gasteiger charge is 2.27. The van der Waals surface area contributed by atoms with Crippen molar-refractivity contribution in [2.45, 2.75) is 62.9 Å². The van der Waals surface area contributed by atoms with Crippen molar-refractivity contribution in [2.75, 3.05) is 26.3 Å². The fourth-order valence-electron chi connectivity index (χ4n) is 3.43. The summed E-state index contributed by atoms with van der Waals surface area (Å²) in [5.74, 6) is -0.587. The fourth-order valence-corrected chi connectivity index (χ4v) is 5.32. The van der Waals surface area contributed by atoms with Crippen molar-refractivity contribution in [3.63, 3.8) is 0 Å². The Morgan fingerprint density at radius 1 is 0.897 bits per heavy atom. The van der Waals surface area contributed by atoms with Crippen LogP contribution in [0, 0.1) is 19.8 Å². The molecule has 0 heterocycles. The minimum Gasteiger partial charge on any atom is -0.444 e. The molecule has 11 heteroatoms. The van der Waals surface area contributed by atoms with Crippen molar-refractivity contribution in [1.29, 1.82) is 0 Å². The minimum absolute atomic E-state index is 0.000652. The number of benzene rings is 2. The van der Waals surface area contributed by atoms with Crippen LogP contribution in [0.2, 0.25) is 0 Å². The van der Waals surface area contributed by atoms with E-state index in [4.69, 9.17) is 13.1 Å². The molecule has 0 radical (unpaired) electrons. The second-order valence-electron chi connectivity index (χ2n) is 10.3. The molecule has 39 heavy (non-hydrogen) atoms. The summed E-state index contributed by atoms with van der Waals surface area (Å²) in [6.07, 6.45) is 1.65. The van der Waals surface area contributed by atoms with Gasteiger partial charge < -0.3 is 9.64 Å². The zero-order chi connectivity index (χ0) is 29.3. The van der Waals surface area contributed by atoms with E-state index in [0.717, 1.165) is 11.1 Å². The van der Waals surface area contributed by atoms with E-state index >= 15 is 0 Å². The highest BCUT2D eigenvalue weighted by atomic mass is 32.2. The minimum atomic E-state index is -4.08. The predicted octanol–water partition coefficient (Wildman–Crippen LogP) is 5.23. The third kappa shape index (κ3) is 11.1. The van der Waals surface area contributed by atoms with Gasteiger partial charge in [-0.2, -0.15) is 16.8 Å². The Balaban J connectivity index is 2.20. The van der Waals surface area contributed by atoms with Gasteiger partial charge in [-0.15, -0.1) is 6.58 Å². The summed E-state index contributed by atoms with van der Waals surface area (Å²) in [6.45, 7) is 12.4. The van der Waals surface area contributed by atoms with Crippen LogP contribution in [-0.4, -0.2) is 59.7 Å². The molecule has 0 N–H and O–H groups in total. The Kier molecular flexibility index (Phi) is 11.7. The second kappa shape index (κ2) is 14.1. The van der Waals surface area contributed by atoms with Crippen molar-refractivity contribution in [3.8, 4) is 0 Å². The van der Waals surface area contributed by atoms with Crippen LogP contribution in [0.25, 0.3) is 0 Å². The van der Waals surface area contributed by atoms with Crippen LogP contribution in [0.1, 0.15) is 44.7 Å². The van der Waals surface area contributed by atoms with Gasteiger partial charge in [0.15, 0.2) is 0 Å². The van der Waals surface area contributed by atoms with Crippen molar-refractivity contribution < 1.29 is 34.7 Å². The predicted molar refractivity (Wildman–Crippen MR) is 149 cm³/mol. The van der Waals surface area contributed by atoms with Gasteiger partial charge in [0.1, 0.15) is 5.60 Å². The maximum atomic E-state index is 12.9. The summed E-state index contributed by atoms with van der Waals surface area (Å²) in [5.41, 5.74) is 1.06. The molecule has 0 saturated heterocycles. The van der Waals surface area contributed by atoms with E-state index in [-0.39, 0.29) is 42.5 Å². The summed E-state index contributed by atoms with van der Waals surface area (Å²) < 4.78 is 67.0. The smallest absolute Gasteiger partial charge is 0.410 e. The highest BCUT2D eigenvalue weighted by Crippen LogP contribution is 2.20. The van der Waals surface area contributed by atoms with Gasteiger partial charge in [0.05, 0.1) is 23.0 Å². The number of amides is 1. The summed E-state index contributed by atoms with van der Waals surface area (Å²) in [6, 6.07) is 12.5. The van der Waals surface area contributed by atoms with Crippen molar-refractivity contribution >= 4 is 26.3 Å². The molecule has 0 aliphatic rings. The van der Waals surface area contributed by atoms with Gasteiger partial charge in [-0.1, -0.05) is 41.5 Å². The average molecular weight is 582 g/mol. The molecular weight excluding hydrogens is 542 g/mol. The van der Waals surface area contributed by atoms with Crippen LogP contribution in [0.5, 0.6) is 0 Å². The fraction of sp³-hybridized carbons (Fsp3) is 0.464. The quantitative estimate of drug-likeness (QED) is 0.220. The van der Waals surface area contributed by atoms with E-state index < -0.39 is 37.8 Å². The summed E-state index contributed by atoms with van der Waals surface area (Å²) in [7, 11) is -8.11. The van der Waals surface area contributed by atoms with Crippen LogP contribution in [0.3, 0.4) is 0 Å². The molecule has 1 amide bonds. The van der Waals surface area contributed by atoms with Crippen LogP contribution in [-0.2, 0) is 33.3 Å². The highest BCUT2D eigenvalue weighted by molar-refractivity contribution is 7.87. The number of carbonyl (C=O) groups is 1. The van der Waals surface area contributed by atoms with Crippen LogP contribution < -0.4 is 0 Å². The molecule has 2 rings (SSSR count). The summed E-state index contributed by atoms with van der Waals surface area (Å²) in [4.78, 5) is 14.3. The van der Waals surface area contributed by atoms with Gasteiger partial charge in [0.25, 0.3) is 20.2 Å². The molecule has 0 aromatic heterocycles. The molecule has 0 saturated carbocycles. The largest absolute Gasteiger partial charge is 0.444 e. The monoisotopic (exact) mass is 581 g/mol. The van der Waals surface area contributed by atoms with E-state index in [1.807, 2.05) is 13.8 Å². The van der Waals surface area contributed by atoms with E-state index in [0.29, 0.717) is 6.42 Å². The standard InChI is InChI=1S/C28H39NO8S2/c1-7-8-18-29(27(30)37-28(4,5)6)20-24(21-36-39(33,34)26-15-11-23(3)12-16-26)17-19-35-38(31,32)25-13-9-22(2)10-14-25/h7,9-16,24H,1,8,17-21H2,2-6H3. The first kappa shape index (κ1) is 32.5. The summed E-state index contributed by atoms with van der Waals surface area (Å²) in [5, 5.41) is 0. The van der Waals surface area contributed by atoms with Gasteiger partial charge in [-0.05, 0) is 71.7 Å². The molecule has 216 valence electrons. The SMILES string of the molecule is C=CCCN(CC(CCOS(=O)(=O)c1ccc(C)cc1)COS(=O)(=O)c1ccc(C)cc1)C(=O)OC(C)(C)C. The van der Waals surface area contributed by atoms with Crippen LogP contribution >= 0.6 is 0 Å². The van der Waals surface area contributed by atoms with Crippen molar-refractivity contribution in [2.24, 2.45) is 5.92 Å². The Hall–Kier alpha value is -2.73. The second-order valence-corrected chi connectivity index (χ2v) is 13.5. The molecule has 0 aliphatic carbocycles. The molecule has 9 nitrogen and oxygen atoms in total. The number of carbonyl (C=O) groups excluding carboxylic acids is 1. The van der Waals surface area contributed by atoms with Crippen molar-refractivity contribution in [3.05, 3.63) is 72.3 Å². The van der Waals surface area contributed by atoms with Crippen LogP contribution in [0.4, 0.5) is 4.79 Å². The van der Waals surface area contributed by atoms with Gasteiger partial charge >= 0.3 is 6.09 Å². The molecule has 2 aromatic carbocycles. The number of hydrogen-bond acceptors (Lipinski definition) is 8. The third-order valence-electron chi connectivity index (χ3n) is 5.58. The molecular formula is C28H39NO8S2. The number of ether oxygens (including phenoxy) is 1. The summed E-state index contributed by atoms with van der Waals surface area (Å²) >= 11 is 0. The molecule has 1 unspecified atom stereocenters. The molecule has 0 spiro atoms. The van der Waals surface area contributed by atoms with Crippen molar-refractivity contribution in [1.82, 2.24) is 4.90 Å². The Labute approximate surface area is 233 Å². The number of aryl methyl sites for hydroxylation is 2. The zero-order valence-electron chi connectivity index (χ0n) is 23.3. The normalized spacial score (nSPS) is 13.1. The lowest BCUT2D eigenvalue weighted by Crippen LogP contribution is -2.41. The average Bonchev–Trinajstić information content (AvgIpc) is 2.84. The topological polar surface area (TPSA) is 116 Å². The number of nitrogens with zero attached hydrogens (tertiary/aromatic N) is 1. The van der Waals surface area contributed by atoms with E-state index in [2.05, 4.69) is 6.58 Å². The first-order valence-corrected chi connectivity index (χ1v) is 15.5. The maximum Gasteiger partial charge on any atom is 0.410 e. The third-order valence-corrected chi connectivity index (χ3v) is 8.20. The Bertz CT molecular complexity index is 1300. The lowest BCUT2D eigenvalue weighted by molar-refractivity contribution is 0.0200. The van der Waals surface area contributed by atoms with E-state index in [1.54, 1.807) is 51.1 Å². The Morgan fingerprint density at radius 3 is 1.85 bits per heavy atom. The Morgan fingerprint density at radius 2 is 1.38 bits per heavy atom. The number of rotatable bonds is 14. The first-order chi connectivity index (χ1) is 18.1. The van der Waals surface area contributed by atoms with Gasteiger partial charge in [0, 0.05) is 19.0 Å². The van der Waals surface area contributed by atoms with Gasteiger partial charge in [-0.3, -0.25) is 8.37 Å². The van der Waals surface area contributed by atoms with E-state index in [9.17, 15) is 21.6 Å². The lowest BCUT2D eigenvalue weighted by atomic mass is 10.1. The van der Waals surface area contributed by atoms with Gasteiger partial charge in [0.2, 0.25) is 0 Å². The van der Waals surface area contributed by atoms with E-state index in [1.165, 1.54) is 29.2 Å². The lowest BCUT2D eigenvalue weighted by Gasteiger charge is -2.30. The van der Waals surface area contributed by atoms with Crippen LogP contribution in [0.15, 0.2) is 71.0 Å². The number of hydrogen-bond donors (Lipinski definition) is 0. The first-order valence-electron chi connectivity index (χ1n) is 12.6. The molecule has 0 bridgehead atoms. The maximum absolute atomic E-state index is 12.9. The zero-order valence-corrected chi connectivity index (χ0v) is 24.9.